The summed E-state index contributed by atoms with van der Waals surface area (Å²) in [6, 6.07) is 6.05. The minimum Gasteiger partial charge on any atom is -0.493 e. The maximum Gasteiger partial charge on any atom is 0.161 e. The Morgan fingerprint density at radius 3 is 2.68 bits per heavy atom. The Morgan fingerprint density at radius 1 is 1.32 bits per heavy atom. The van der Waals surface area contributed by atoms with Crippen molar-refractivity contribution in [1.82, 2.24) is 5.32 Å². The summed E-state index contributed by atoms with van der Waals surface area (Å²) in [6.45, 7) is 8.37. The summed E-state index contributed by atoms with van der Waals surface area (Å²) in [6.07, 6.45) is 0. The van der Waals surface area contributed by atoms with Crippen LogP contribution in [0.3, 0.4) is 0 Å². The second-order valence-electron chi connectivity index (χ2n) is 5.33. The molecule has 1 N–H and O–H groups in total. The van der Waals surface area contributed by atoms with Crippen LogP contribution in [0.5, 0.6) is 11.5 Å². The lowest BCUT2D eigenvalue weighted by molar-refractivity contribution is -0.0991. The van der Waals surface area contributed by atoms with Crippen molar-refractivity contribution in [3.63, 3.8) is 0 Å². The minimum absolute atomic E-state index is 0.301. The maximum atomic E-state index is 5.58. The third kappa shape index (κ3) is 3.61. The average molecular weight is 265 g/mol. The van der Waals surface area contributed by atoms with Gasteiger partial charge in [-0.15, -0.1) is 0 Å². The van der Waals surface area contributed by atoms with Gasteiger partial charge in [0, 0.05) is 18.5 Å². The first kappa shape index (κ1) is 14.2. The highest BCUT2D eigenvalue weighted by molar-refractivity contribution is 5.42. The molecule has 1 aromatic rings. The molecule has 1 saturated heterocycles. The Hall–Kier alpha value is -1.26. The van der Waals surface area contributed by atoms with Crippen molar-refractivity contribution in [3.05, 3.63) is 23.8 Å². The van der Waals surface area contributed by atoms with Gasteiger partial charge >= 0.3 is 0 Å². The molecular formula is C15H23NO3. The van der Waals surface area contributed by atoms with E-state index in [-0.39, 0.29) is 0 Å². The van der Waals surface area contributed by atoms with Gasteiger partial charge < -0.3 is 19.5 Å². The molecule has 2 rings (SSSR count). The van der Waals surface area contributed by atoms with Gasteiger partial charge in [-0.25, -0.2) is 0 Å². The smallest absolute Gasteiger partial charge is 0.161 e. The molecule has 1 aromatic carbocycles. The average Bonchev–Trinajstić information content (AvgIpc) is 2.37. The highest BCUT2D eigenvalue weighted by atomic mass is 16.5. The molecule has 4 heteroatoms. The van der Waals surface area contributed by atoms with Gasteiger partial charge in [-0.2, -0.15) is 0 Å². The third-order valence-corrected chi connectivity index (χ3v) is 3.31. The summed E-state index contributed by atoms with van der Waals surface area (Å²) in [4.78, 5) is 0. The van der Waals surface area contributed by atoms with E-state index in [1.54, 1.807) is 7.11 Å². The van der Waals surface area contributed by atoms with E-state index in [2.05, 4.69) is 18.3 Å². The summed E-state index contributed by atoms with van der Waals surface area (Å²) < 4.78 is 16.1. The number of ether oxygens (including phenoxy) is 3. The number of rotatable bonds is 7. The molecule has 4 nitrogen and oxygen atoms in total. The SMILES string of the molecule is CCOc1cc(CNCC2(C)COC2)ccc1OC. The zero-order valence-corrected chi connectivity index (χ0v) is 12.0. The lowest BCUT2D eigenvalue weighted by Gasteiger charge is -2.38. The fraction of sp³-hybridized carbons (Fsp3) is 0.600. The monoisotopic (exact) mass is 265 g/mol. The number of hydrogen-bond acceptors (Lipinski definition) is 4. The zero-order chi connectivity index (χ0) is 13.7. The van der Waals surface area contributed by atoms with Gasteiger partial charge in [0.15, 0.2) is 11.5 Å². The normalized spacial score (nSPS) is 16.8. The quantitative estimate of drug-likeness (QED) is 0.820. The minimum atomic E-state index is 0.301. The van der Waals surface area contributed by atoms with Gasteiger partial charge in [-0.05, 0) is 24.6 Å². The molecule has 1 aliphatic heterocycles. The molecule has 106 valence electrons. The Labute approximate surface area is 115 Å². The van der Waals surface area contributed by atoms with E-state index in [9.17, 15) is 0 Å². The van der Waals surface area contributed by atoms with Gasteiger partial charge in [0.1, 0.15) is 0 Å². The molecule has 0 aliphatic carbocycles. The topological polar surface area (TPSA) is 39.7 Å². The van der Waals surface area contributed by atoms with Crippen molar-refractivity contribution < 1.29 is 14.2 Å². The van der Waals surface area contributed by atoms with E-state index in [0.717, 1.165) is 37.8 Å². The fourth-order valence-corrected chi connectivity index (χ4v) is 2.16. The van der Waals surface area contributed by atoms with Crippen molar-refractivity contribution in [1.29, 1.82) is 0 Å². The van der Waals surface area contributed by atoms with Gasteiger partial charge in [0.2, 0.25) is 0 Å². The summed E-state index contributed by atoms with van der Waals surface area (Å²) >= 11 is 0. The first-order valence-corrected chi connectivity index (χ1v) is 6.75. The zero-order valence-electron chi connectivity index (χ0n) is 12.0. The third-order valence-electron chi connectivity index (χ3n) is 3.31. The maximum absolute atomic E-state index is 5.58. The number of nitrogens with one attached hydrogen (secondary N) is 1. The molecule has 0 spiro atoms. The molecule has 0 amide bonds. The molecule has 0 aromatic heterocycles. The summed E-state index contributed by atoms with van der Waals surface area (Å²) in [5, 5.41) is 3.47. The molecule has 0 bridgehead atoms. The Kier molecular flexibility index (Phi) is 4.66. The van der Waals surface area contributed by atoms with Gasteiger partial charge in [-0.1, -0.05) is 13.0 Å². The molecule has 0 saturated carbocycles. The van der Waals surface area contributed by atoms with E-state index in [4.69, 9.17) is 14.2 Å². The van der Waals surface area contributed by atoms with Crippen molar-refractivity contribution in [2.24, 2.45) is 5.41 Å². The van der Waals surface area contributed by atoms with Gasteiger partial charge in [-0.3, -0.25) is 0 Å². The Bertz CT molecular complexity index is 416. The van der Waals surface area contributed by atoms with E-state index >= 15 is 0 Å². The molecule has 1 fully saturated rings. The molecular weight excluding hydrogens is 242 g/mol. The Morgan fingerprint density at radius 2 is 2.11 bits per heavy atom. The largest absolute Gasteiger partial charge is 0.493 e. The fourth-order valence-electron chi connectivity index (χ4n) is 2.16. The second kappa shape index (κ2) is 6.26. The standard InChI is InChI=1S/C15H23NO3/c1-4-19-14-7-12(5-6-13(14)17-3)8-16-9-15(2)10-18-11-15/h5-7,16H,4,8-11H2,1-3H3. The lowest BCUT2D eigenvalue weighted by Crippen LogP contribution is -2.47. The molecule has 0 radical (unpaired) electrons. The molecule has 1 aliphatic rings. The number of hydrogen-bond donors (Lipinski definition) is 1. The second-order valence-corrected chi connectivity index (χ2v) is 5.33. The Balaban J connectivity index is 1.90. The van der Waals surface area contributed by atoms with Gasteiger partial charge in [0.25, 0.3) is 0 Å². The predicted molar refractivity (Wildman–Crippen MR) is 74.8 cm³/mol. The molecule has 1 heterocycles. The predicted octanol–water partition coefficient (Wildman–Crippen LogP) is 2.22. The highest BCUT2D eigenvalue weighted by Gasteiger charge is 2.32. The van der Waals surface area contributed by atoms with Crippen LogP contribution in [0.15, 0.2) is 18.2 Å². The van der Waals surface area contributed by atoms with Crippen LogP contribution < -0.4 is 14.8 Å². The van der Waals surface area contributed by atoms with Crippen LogP contribution in [0.2, 0.25) is 0 Å². The van der Waals surface area contributed by atoms with Crippen molar-refractivity contribution in [2.75, 3.05) is 33.5 Å². The first-order valence-electron chi connectivity index (χ1n) is 6.75. The van der Waals surface area contributed by atoms with Crippen molar-refractivity contribution in [2.45, 2.75) is 20.4 Å². The highest BCUT2D eigenvalue weighted by Crippen LogP contribution is 2.28. The molecule has 19 heavy (non-hydrogen) atoms. The van der Waals surface area contributed by atoms with Crippen molar-refractivity contribution >= 4 is 0 Å². The van der Waals surface area contributed by atoms with Crippen LogP contribution in [0.25, 0.3) is 0 Å². The molecule has 0 unspecified atom stereocenters. The lowest BCUT2D eigenvalue weighted by atomic mass is 9.89. The summed E-state index contributed by atoms with van der Waals surface area (Å²) in [5.41, 5.74) is 1.50. The van der Waals surface area contributed by atoms with E-state index in [1.807, 2.05) is 19.1 Å². The van der Waals surface area contributed by atoms with E-state index in [1.165, 1.54) is 5.56 Å². The van der Waals surface area contributed by atoms with Crippen LogP contribution in [0.1, 0.15) is 19.4 Å². The van der Waals surface area contributed by atoms with Crippen molar-refractivity contribution in [3.8, 4) is 11.5 Å². The van der Waals surface area contributed by atoms with E-state index in [0.29, 0.717) is 12.0 Å². The van der Waals surface area contributed by atoms with E-state index < -0.39 is 0 Å². The number of methoxy groups -OCH3 is 1. The van der Waals surface area contributed by atoms with Crippen LogP contribution >= 0.6 is 0 Å². The van der Waals surface area contributed by atoms with Crippen LogP contribution in [0.4, 0.5) is 0 Å². The first-order chi connectivity index (χ1) is 9.17. The van der Waals surface area contributed by atoms with Gasteiger partial charge in [0.05, 0.1) is 26.9 Å². The summed E-state index contributed by atoms with van der Waals surface area (Å²) in [5.74, 6) is 1.59. The molecule has 0 atom stereocenters. The number of benzene rings is 1. The van der Waals surface area contributed by atoms with Crippen LogP contribution in [0, 0.1) is 5.41 Å². The summed E-state index contributed by atoms with van der Waals surface area (Å²) in [7, 11) is 1.66. The van der Waals surface area contributed by atoms with Crippen LogP contribution in [-0.2, 0) is 11.3 Å². The van der Waals surface area contributed by atoms with Crippen LogP contribution in [-0.4, -0.2) is 33.5 Å².